The van der Waals surface area contributed by atoms with Crippen LogP contribution < -0.4 is 15.4 Å². The van der Waals surface area contributed by atoms with Gasteiger partial charge >= 0.3 is 0 Å². The highest BCUT2D eigenvalue weighted by atomic mass is 32.1. The minimum Gasteiger partial charge on any atom is -0.491 e. The molecule has 7 nitrogen and oxygen atoms in total. The number of rotatable bonds is 7. The summed E-state index contributed by atoms with van der Waals surface area (Å²) in [5.41, 5.74) is 1.41. The molecule has 2 aromatic rings. The molecule has 2 aromatic carbocycles. The number of ether oxygens (including phenoxy) is 2. The molecule has 2 rings (SSSR count). The molecular weight excluding hydrogens is 378 g/mol. The van der Waals surface area contributed by atoms with E-state index < -0.39 is 0 Å². The largest absolute Gasteiger partial charge is 0.491 e. The Kier molecular flexibility index (Phi) is 7.91. The summed E-state index contributed by atoms with van der Waals surface area (Å²) in [4.78, 5) is 26.1. The van der Waals surface area contributed by atoms with Crippen LogP contribution in [0.3, 0.4) is 0 Å². The van der Waals surface area contributed by atoms with Gasteiger partial charge in [0.1, 0.15) is 12.4 Å². The summed E-state index contributed by atoms with van der Waals surface area (Å²) >= 11 is 5.21. The van der Waals surface area contributed by atoms with Crippen LogP contribution in [-0.2, 0) is 4.74 Å². The highest BCUT2D eigenvalue weighted by Gasteiger charge is 2.14. The smallest absolute Gasteiger partial charge is 0.257 e. The molecule has 8 heteroatoms. The number of thiocarbonyl (C=S) groups is 1. The Labute approximate surface area is 169 Å². The summed E-state index contributed by atoms with van der Waals surface area (Å²) in [5, 5.41) is 5.61. The quantitative estimate of drug-likeness (QED) is 0.548. The van der Waals surface area contributed by atoms with E-state index in [1.165, 1.54) is 4.90 Å². The number of para-hydroxylation sites is 1. The molecule has 0 heterocycles. The van der Waals surface area contributed by atoms with Crippen molar-refractivity contribution in [2.45, 2.75) is 0 Å². The van der Waals surface area contributed by atoms with E-state index in [1.54, 1.807) is 69.7 Å². The fourth-order valence-corrected chi connectivity index (χ4v) is 2.50. The summed E-state index contributed by atoms with van der Waals surface area (Å²) < 4.78 is 10.4. The van der Waals surface area contributed by atoms with Gasteiger partial charge in [-0.3, -0.25) is 14.9 Å². The molecule has 0 saturated carbocycles. The maximum absolute atomic E-state index is 12.4. The Hall–Kier alpha value is -2.97. The minimum absolute atomic E-state index is 0.101. The van der Waals surface area contributed by atoms with E-state index in [2.05, 4.69) is 10.6 Å². The topological polar surface area (TPSA) is 79.9 Å². The molecule has 2 N–H and O–H groups in total. The predicted molar refractivity (Wildman–Crippen MR) is 112 cm³/mol. The van der Waals surface area contributed by atoms with Crippen LogP contribution in [0.4, 0.5) is 5.69 Å². The van der Waals surface area contributed by atoms with Crippen molar-refractivity contribution in [2.24, 2.45) is 0 Å². The Morgan fingerprint density at radius 1 is 1.04 bits per heavy atom. The van der Waals surface area contributed by atoms with Gasteiger partial charge in [-0.25, -0.2) is 0 Å². The van der Waals surface area contributed by atoms with Crippen LogP contribution in [0.15, 0.2) is 48.5 Å². The van der Waals surface area contributed by atoms with Crippen LogP contribution in [-0.4, -0.2) is 56.2 Å². The third kappa shape index (κ3) is 6.04. The first-order valence-corrected chi connectivity index (χ1v) is 8.98. The molecule has 0 atom stereocenters. The van der Waals surface area contributed by atoms with Crippen molar-refractivity contribution in [2.75, 3.05) is 39.7 Å². The SMILES string of the molecule is COCCOc1ccc(C(=O)NC(=S)Nc2ccccc2C(=O)N(C)C)cc1. The van der Waals surface area contributed by atoms with Crippen molar-refractivity contribution in [1.82, 2.24) is 10.2 Å². The number of benzene rings is 2. The first-order valence-electron chi connectivity index (χ1n) is 8.57. The number of amides is 2. The molecular formula is C20H23N3O4S. The van der Waals surface area contributed by atoms with Crippen molar-refractivity contribution in [3.05, 3.63) is 59.7 Å². The Morgan fingerprint density at radius 2 is 1.71 bits per heavy atom. The predicted octanol–water partition coefficient (Wildman–Crippen LogP) is 2.54. The molecule has 0 unspecified atom stereocenters. The Morgan fingerprint density at radius 3 is 2.36 bits per heavy atom. The van der Waals surface area contributed by atoms with E-state index in [0.717, 1.165) is 0 Å². The fraction of sp³-hybridized carbons (Fsp3) is 0.250. The molecule has 28 heavy (non-hydrogen) atoms. The Balaban J connectivity index is 1.98. The standard InChI is InChI=1S/C20H23N3O4S/c1-23(2)19(25)16-6-4-5-7-17(16)21-20(28)22-18(24)14-8-10-15(11-9-14)27-13-12-26-3/h4-11H,12-13H2,1-3H3,(H2,21,22,24,28). The molecule has 148 valence electrons. The van der Waals surface area contributed by atoms with Crippen molar-refractivity contribution in [3.8, 4) is 5.75 Å². The lowest BCUT2D eigenvalue weighted by Gasteiger charge is -2.16. The number of carbonyl (C=O) groups is 2. The molecule has 0 radical (unpaired) electrons. The molecule has 0 saturated heterocycles. The number of hydrogen-bond donors (Lipinski definition) is 2. The van der Waals surface area contributed by atoms with Gasteiger partial charge in [0.15, 0.2) is 5.11 Å². The molecule has 2 amide bonds. The van der Waals surface area contributed by atoms with Crippen molar-refractivity contribution in [1.29, 1.82) is 0 Å². The normalized spacial score (nSPS) is 10.1. The number of methoxy groups -OCH3 is 1. The molecule has 0 fully saturated rings. The van der Waals surface area contributed by atoms with Crippen LogP contribution in [0.1, 0.15) is 20.7 Å². The van der Waals surface area contributed by atoms with Gasteiger partial charge in [0.25, 0.3) is 11.8 Å². The van der Waals surface area contributed by atoms with E-state index in [-0.39, 0.29) is 16.9 Å². The van der Waals surface area contributed by atoms with E-state index in [9.17, 15) is 9.59 Å². The first-order chi connectivity index (χ1) is 13.4. The maximum atomic E-state index is 12.4. The van der Waals surface area contributed by atoms with Crippen LogP contribution in [0.25, 0.3) is 0 Å². The summed E-state index contributed by atoms with van der Waals surface area (Å²) in [6.07, 6.45) is 0. The molecule has 0 aromatic heterocycles. The average molecular weight is 401 g/mol. The summed E-state index contributed by atoms with van der Waals surface area (Å²) in [7, 11) is 4.94. The lowest BCUT2D eigenvalue weighted by atomic mass is 10.1. The Bertz CT molecular complexity index is 838. The first kappa shape index (κ1) is 21.3. The second kappa shape index (κ2) is 10.4. The second-order valence-corrected chi connectivity index (χ2v) is 6.43. The number of nitrogens with zero attached hydrogens (tertiary/aromatic N) is 1. The third-order valence-electron chi connectivity index (χ3n) is 3.71. The van der Waals surface area contributed by atoms with E-state index >= 15 is 0 Å². The molecule has 0 aliphatic carbocycles. The van der Waals surface area contributed by atoms with Crippen LogP contribution in [0, 0.1) is 0 Å². The van der Waals surface area contributed by atoms with Gasteiger partial charge < -0.3 is 19.7 Å². The summed E-state index contributed by atoms with van der Waals surface area (Å²) in [6, 6.07) is 13.6. The molecule has 0 bridgehead atoms. The number of hydrogen-bond acceptors (Lipinski definition) is 5. The highest BCUT2D eigenvalue weighted by Crippen LogP contribution is 2.17. The zero-order valence-electron chi connectivity index (χ0n) is 16.0. The number of carbonyl (C=O) groups excluding carboxylic acids is 2. The average Bonchev–Trinajstić information content (AvgIpc) is 2.68. The van der Waals surface area contributed by atoms with E-state index in [4.69, 9.17) is 21.7 Å². The van der Waals surface area contributed by atoms with Gasteiger partial charge in [0.05, 0.1) is 17.9 Å². The molecule has 0 aliphatic rings. The van der Waals surface area contributed by atoms with Crippen LogP contribution in [0.2, 0.25) is 0 Å². The van der Waals surface area contributed by atoms with Gasteiger partial charge in [-0.05, 0) is 48.6 Å². The molecule has 0 aliphatic heterocycles. The lowest BCUT2D eigenvalue weighted by molar-refractivity contribution is 0.0828. The minimum atomic E-state index is -0.364. The van der Waals surface area contributed by atoms with Crippen LogP contribution >= 0.6 is 12.2 Å². The van der Waals surface area contributed by atoms with Gasteiger partial charge in [-0.2, -0.15) is 0 Å². The van der Waals surface area contributed by atoms with Crippen molar-refractivity contribution >= 4 is 34.8 Å². The zero-order valence-corrected chi connectivity index (χ0v) is 16.8. The molecule has 0 spiro atoms. The summed E-state index contributed by atoms with van der Waals surface area (Å²) in [5.74, 6) is 0.115. The van der Waals surface area contributed by atoms with E-state index in [1.807, 2.05) is 0 Å². The lowest BCUT2D eigenvalue weighted by Crippen LogP contribution is -2.35. The second-order valence-electron chi connectivity index (χ2n) is 6.02. The van der Waals surface area contributed by atoms with Gasteiger partial charge in [-0.15, -0.1) is 0 Å². The number of nitrogens with one attached hydrogen (secondary N) is 2. The van der Waals surface area contributed by atoms with Crippen LogP contribution in [0.5, 0.6) is 5.75 Å². The maximum Gasteiger partial charge on any atom is 0.257 e. The van der Waals surface area contributed by atoms with Gasteiger partial charge in [0.2, 0.25) is 0 Å². The van der Waals surface area contributed by atoms with Gasteiger partial charge in [0, 0.05) is 26.8 Å². The monoisotopic (exact) mass is 401 g/mol. The number of anilines is 1. The third-order valence-corrected chi connectivity index (χ3v) is 3.92. The zero-order chi connectivity index (χ0) is 20.5. The fourth-order valence-electron chi connectivity index (χ4n) is 2.29. The van der Waals surface area contributed by atoms with Crippen molar-refractivity contribution in [3.63, 3.8) is 0 Å². The summed E-state index contributed by atoms with van der Waals surface area (Å²) in [6.45, 7) is 0.918. The van der Waals surface area contributed by atoms with Crippen molar-refractivity contribution < 1.29 is 19.1 Å². The highest BCUT2D eigenvalue weighted by molar-refractivity contribution is 7.80. The van der Waals surface area contributed by atoms with E-state index in [0.29, 0.717) is 35.8 Å². The van der Waals surface area contributed by atoms with Gasteiger partial charge in [-0.1, -0.05) is 12.1 Å².